The van der Waals surface area contributed by atoms with Crippen molar-refractivity contribution in [3.8, 4) is 0 Å². The zero-order valence-corrected chi connectivity index (χ0v) is 5.75. The molecular formula is C5H8N2O3. The van der Waals surface area contributed by atoms with E-state index in [4.69, 9.17) is 0 Å². The van der Waals surface area contributed by atoms with E-state index in [1.165, 1.54) is 14.0 Å². The lowest BCUT2D eigenvalue weighted by Gasteiger charge is -1.95. The van der Waals surface area contributed by atoms with E-state index in [0.717, 1.165) is 0 Å². The number of allylic oxidation sites excluding steroid dienone is 2. The van der Waals surface area contributed by atoms with Crippen LogP contribution in [0.15, 0.2) is 11.4 Å². The summed E-state index contributed by atoms with van der Waals surface area (Å²) in [6.45, 7) is 1.46. The number of nitrogens with zero attached hydrogens (tertiary/aromatic N) is 1. The number of hydrogen-bond acceptors (Lipinski definition) is 4. The first-order valence-electron chi connectivity index (χ1n) is 2.61. The minimum absolute atomic E-state index is 0.214. The molecular weight excluding hydrogens is 136 g/mol. The first-order valence-corrected chi connectivity index (χ1v) is 2.61. The van der Waals surface area contributed by atoms with Crippen LogP contribution < -0.4 is 5.32 Å². The molecule has 56 valence electrons. The molecule has 0 aromatic heterocycles. The van der Waals surface area contributed by atoms with E-state index in [-0.39, 0.29) is 12.0 Å². The molecule has 0 saturated heterocycles. The highest BCUT2D eigenvalue weighted by Crippen LogP contribution is 1.96. The fourth-order valence-electron chi connectivity index (χ4n) is 0.396. The highest BCUT2D eigenvalue weighted by Gasteiger charge is 2.11. The molecule has 0 rings (SSSR count). The van der Waals surface area contributed by atoms with Crippen molar-refractivity contribution in [2.75, 3.05) is 7.05 Å². The van der Waals surface area contributed by atoms with Gasteiger partial charge in [0, 0.05) is 7.05 Å². The summed E-state index contributed by atoms with van der Waals surface area (Å²) in [7, 11) is 1.52. The van der Waals surface area contributed by atoms with Crippen molar-refractivity contribution in [3.63, 3.8) is 0 Å². The van der Waals surface area contributed by atoms with Gasteiger partial charge < -0.3 is 5.32 Å². The fraction of sp³-hybridized carbons (Fsp3) is 0.400. The summed E-state index contributed by atoms with van der Waals surface area (Å²) in [6, 6.07) is 0. The van der Waals surface area contributed by atoms with Gasteiger partial charge >= 0.3 is 5.70 Å². The van der Waals surface area contributed by atoms with Crippen molar-refractivity contribution in [2.24, 2.45) is 0 Å². The summed E-state index contributed by atoms with van der Waals surface area (Å²) in [5.41, 5.74) is -0.164. The molecule has 0 unspecified atom stereocenters. The molecule has 0 atom stereocenters. The van der Waals surface area contributed by atoms with Crippen molar-refractivity contribution in [1.29, 1.82) is 0 Å². The van der Waals surface area contributed by atoms with Gasteiger partial charge in [0.25, 0.3) is 0 Å². The average molecular weight is 144 g/mol. The van der Waals surface area contributed by atoms with Crippen molar-refractivity contribution in [1.82, 2.24) is 5.32 Å². The molecule has 0 amide bonds. The third-order valence-corrected chi connectivity index (χ3v) is 1.07. The van der Waals surface area contributed by atoms with Gasteiger partial charge in [-0.3, -0.25) is 14.9 Å². The fourth-order valence-corrected chi connectivity index (χ4v) is 0.396. The van der Waals surface area contributed by atoms with Gasteiger partial charge in [-0.15, -0.1) is 0 Å². The van der Waals surface area contributed by atoms with Gasteiger partial charge in [0.15, 0.2) is 0 Å². The first-order chi connectivity index (χ1) is 4.63. The SMILES string of the molecule is CN/C(C)=C(\C=O)[N+](=O)[O-]. The molecule has 0 aliphatic heterocycles. The Labute approximate surface area is 57.9 Å². The molecule has 0 aromatic rings. The lowest BCUT2D eigenvalue weighted by molar-refractivity contribution is -0.418. The zero-order chi connectivity index (χ0) is 8.15. The quantitative estimate of drug-likeness (QED) is 0.260. The molecule has 0 fully saturated rings. The van der Waals surface area contributed by atoms with E-state index in [2.05, 4.69) is 5.32 Å². The molecule has 5 nitrogen and oxygen atoms in total. The van der Waals surface area contributed by atoms with E-state index in [9.17, 15) is 14.9 Å². The van der Waals surface area contributed by atoms with Crippen molar-refractivity contribution in [2.45, 2.75) is 6.92 Å². The smallest absolute Gasteiger partial charge is 0.327 e. The van der Waals surface area contributed by atoms with Crippen LogP contribution in [-0.4, -0.2) is 18.3 Å². The monoisotopic (exact) mass is 144 g/mol. The van der Waals surface area contributed by atoms with Crippen LogP contribution in [0.1, 0.15) is 6.92 Å². The maximum absolute atomic E-state index is 10.0. The first kappa shape index (κ1) is 8.61. The van der Waals surface area contributed by atoms with Crippen LogP contribution in [0.25, 0.3) is 0 Å². The zero-order valence-electron chi connectivity index (χ0n) is 5.75. The Morgan fingerprint density at radius 2 is 2.20 bits per heavy atom. The van der Waals surface area contributed by atoms with E-state index in [1.807, 2.05) is 0 Å². The molecule has 0 heterocycles. The number of nitrogens with one attached hydrogen (secondary N) is 1. The average Bonchev–Trinajstić information content (AvgIpc) is 1.88. The lowest BCUT2D eigenvalue weighted by Crippen LogP contribution is -2.12. The molecule has 0 aliphatic rings. The Bertz CT molecular complexity index is 185. The van der Waals surface area contributed by atoms with Gasteiger partial charge in [-0.1, -0.05) is 0 Å². The highest BCUT2D eigenvalue weighted by molar-refractivity contribution is 5.70. The molecule has 0 aromatic carbocycles. The summed E-state index contributed by atoms with van der Waals surface area (Å²) in [5.74, 6) is 0. The number of nitro groups is 1. The molecule has 0 radical (unpaired) electrons. The Balaban J connectivity index is 4.62. The Hall–Kier alpha value is -1.39. The van der Waals surface area contributed by atoms with Crippen LogP contribution in [-0.2, 0) is 4.79 Å². The van der Waals surface area contributed by atoms with Crippen LogP contribution >= 0.6 is 0 Å². The summed E-state index contributed by atoms with van der Waals surface area (Å²) < 4.78 is 0. The van der Waals surface area contributed by atoms with Gasteiger partial charge in [0.05, 0.1) is 10.6 Å². The van der Waals surface area contributed by atoms with E-state index in [1.54, 1.807) is 0 Å². The number of carbonyl (C=O) groups excluding carboxylic acids is 1. The molecule has 0 spiro atoms. The Kier molecular flexibility index (Phi) is 3.10. The maximum Gasteiger partial charge on any atom is 0.327 e. The summed E-state index contributed by atoms with van der Waals surface area (Å²) in [6.07, 6.45) is 0.214. The summed E-state index contributed by atoms with van der Waals surface area (Å²) >= 11 is 0. The second-order valence-corrected chi connectivity index (χ2v) is 1.64. The van der Waals surface area contributed by atoms with Gasteiger partial charge in [0.1, 0.15) is 0 Å². The lowest BCUT2D eigenvalue weighted by atomic mass is 10.4. The van der Waals surface area contributed by atoms with Gasteiger partial charge in [0.2, 0.25) is 6.29 Å². The maximum atomic E-state index is 10.0. The van der Waals surface area contributed by atoms with Gasteiger partial charge in [-0.2, -0.15) is 0 Å². The molecule has 1 N–H and O–H groups in total. The number of hydrogen-bond donors (Lipinski definition) is 1. The third kappa shape index (κ3) is 1.85. The molecule has 0 aliphatic carbocycles. The van der Waals surface area contributed by atoms with Crippen LogP contribution in [0.3, 0.4) is 0 Å². The summed E-state index contributed by atoms with van der Waals surface area (Å²) in [4.78, 5) is 19.3. The predicted octanol–water partition coefficient (Wildman–Crippen LogP) is -0.0871. The van der Waals surface area contributed by atoms with Crippen LogP contribution in [0.5, 0.6) is 0 Å². The Morgan fingerprint density at radius 3 is 2.30 bits per heavy atom. The van der Waals surface area contributed by atoms with Crippen LogP contribution in [0.2, 0.25) is 0 Å². The second kappa shape index (κ2) is 3.60. The summed E-state index contributed by atoms with van der Waals surface area (Å²) in [5, 5.41) is 12.5. The van der Waals surface area contributed by atoms with Crippen LogP contribution in [0.4, 0.5) is 0 Å². The molecule has 0 saturated carbocycles. The Morgan fingerprint density at radius 1 is 1.70 bits per heavy atom. The van der Waals surface area contributed by atoms with Crippen LogP contribution in [0, 0.1) is 10.1 Å². The van der Waals surface area contributed by atoms with Crippen molar-refractivity contribution >= 4 is 6.29 Å². The molecule has 0 bridgehead atoms. The third-order valence-electron chi connectivity index (χ3n) is 1.07. The van der Waals surface area contributed by atoms with Gasteiger partial charge in [-0.25, -0.2) is 0 Å². The normalized spacial score (nSPS) is 11.8. The van der Waals surface area contributed by atoms with Crippen molar-refractivity contribution < 1.29 is 9.72 Å². The second-order valence-electron chi connectivity index (χ2n) is 1.64. The minimum Gasteiger partial charge on any atom is -0.386 e. The standard InChI is InChI=1S/C5H8N2O3/c1-4(6-2)5(3-8)7(9)10/h3,6H,1-2H3/b5-4+. The molecule has 10 heavy (non-hydrogen) atoms. The van der Waals surface area contributed by atoms with E-state index in [0.29, 0.717) is 0 Å². The number of rotatable bonds is 3. The topological polar surface area (TPSA) is 72.2 Å². The number of aldehydes is 1. The highest BCUT2D eigenvalue weighted by atomic mass is 16.6. The minimum atomic E-state index is -0.723. The largest absolute Gasteiger partial charge is 0.386 e. The van der Waals surface area contributed by atoms with Gasteiger partial charge in [-0.05, 0) is 6.92 Å². The van der Waals surface area contributed by atoms with E-state index < -0.39 is 10.6 Å². The predicted molar refractivity (Wildman–Crippen MR) is 34.8 cm³/mol. The van der Waals surface area contributed by atoms with Crippen molar-refractivity contribution in [3.05, 3.63) is 21.5 Å². The number of carbonyl (C=O) groups is 1. The molecule has 5 heteroatoms. The van der Waals surface area contributed by atoms with E-state index >= 15 is 0 Å².